The van der Waals surface area contributed by atoms with E-state index < -0.39 is 22.0 Å². The van der Waals surface area contributed by atoms with Gasteiger partial charge in [-0.2, -0.15) is 9.82 Å². The van der Waals surface area contributed by atoms with E-state index in [1.807, 2.05) is 30.3 Å². The van der Waals surface area contributed by atoms with Crippen molar-refractivity contribution in [2.45, 2.75) is 31.3 Å². The van der Waals surface area contributed by atoms with Gasteiger partial charge in [0.05, 0.1) is 4.90 Å². The van der Waals surface area contributed by atoms with Crippen molar-refractivity contribution in [3.05, 3.63) is 84.8 Å². The molecule has 0 saturated carbocycles. The summed E-state index contributed by atoms with van der Waals surface area (Å²) in [5.41, 5.74) is 0.759. The van der Waals surface area contributed by atoms with Crippen LogP contribution in [0.25, 0.3) is 16.6 Å². The summed E-state index contributed by atoms with van der Waals surface area (Å²) in [7, 11) is -3.90. The third kappa shape index (κ3) is 5.10. The van der Waals surface area contributed by atoms with E-state index in [1.54, 1.807) is 67.5 Å². The SMILES string of the molecule is CC(C)C(NS(=O)(=O)c1ccc2ccccc2c1)C(=O)NCc1cccnc1-n1cccn1. The molecule has 2 aromatic heterocycles. The lowest BCUT2D eigenvalue weighted by atomic mass is 10.0. The van der Waals surface area contributed by atoms with Crippen LogP contribution in [0.15, 0.2) is 84.1 Å². The molecule has 0 bridgehead atoms. The van der Waals surface area contributed by atoms with E-state index in [0.29, 0.717) is 5.82 Å². The van der Waals surface area contributed by atoms with Gasteiger partial charge in [-0.3, -0.25) is 4.79 Å². The first kappa shape index (κ1) is 22.6. The molecule has 0 spiro atoms. The Morgan fingerprint density at radius 1 is 1.00 bits per heavy atom. The summed E-state index contributed by atoms with van der Waals surface area (Å²) < 4.78 is 30.3. The maximum Gasteiger partial charge on any atom is 0.241 e. The van der Waals surface area contributed by atoms with E-state index in [1.165, 1.54) is 0 Å². The zero-order chi connectivity index (χ0) is 23.4. The highest BCUT2D eigenvalue weighted by molar-refractivity contribution is 7.89. The Labute approximate surface area is 192 Å². The molecule has 0 saturated heterocycles. The van der Waals surface area contributed by atoms with Gasteiger partial charge in [0, 0.05) is 30.7 Å². The Bertz CT molecular complexity index is 1370. The van der Waals surface area contributed by atoms with Crippen LogP contribution in [0.2, 0.25) is 0 Å². The van der Waals surface area contributed by atoms with Crippen LogP contribution < -0.4 is 10.0 Å². The van der Waals surface area contributed by atoms with Crippen LogP contribution in [0.5, 0.6) is 0 Å². The largest absolute Gasteiger partial charge is 0.350 e. The number of hydrogen-bond acceptors (Lipinski definition) is 5. The normalized spacial score (nSPS) is 12.7. The Morgan fingerprint density at radius 2 is 1.79 bits per heavy atom. The number of sulfonamides is 1. The van der Waals surface area contributed by atoms with Gasteiger partial charge in [-0.05, 0) is 41.0 Å². The zero-order valence-electron chi connectivity index (χ0n) is 18.3. The minimum atomic E-state index is -3.90. The lowest BCUT2D eigenvalue weighted by Gasteiger charge is -2.22. The van der Waals surface area contributed by atoms with Gasteiger partial charge in [0.25, 0.3) is 0 Å². The summed E-state index contributed by atoms with van der Waals surface area (Å²) >= 11 is 0. The quantitative estimate of drug-likeness (QED) is 0.418. The number of carbonyl (C=O) groups is 1. The lowest BCUT2D eigenvalue weighted by Crippen LogP contribution is -2.49. The number of fused-ring (bicyclic) bond motifs is 1. The smallest absolute Gasteiger partial charge is 0.241 e. The molecule has 170 valence electrons. The fourth-order valence-corrected chi connectivity index (χ4v) is 4.90. The topological polar surface area (TPSA) is 106 Å². The number of aromatic nitrogens is 3. The van der Waals surface area contributed by atoms with Gasteiger partial charge in [-0.25, -0.2) is 18.1 Å². The molecule has 0 aliphatic carbocycles. The van der Waals surface area contributed by atoms with E-state index in [0.717, 1.165) is 16.3 Å². The van der Waals surface area contributed by atoms with Gasteiger partial charge in [0.15, 0.2) is 5.82 Å². The number of amides is 1. The van der Waals surface area contributed by atoms with E-state index in [4.69, 9.17) is 0 Å². The third-order valence-corrected chi connectivity index (χ3v) is 6.74. The molecule has 33 heavy (non-hydrogen) atoms. The minimum Gasteiger partial charge on any atom is -0.350 e. The second-order valence-corrected chi connectivity index (χ2v) is 9.72. The van der Waals surface area contributed by atoms with Crippen molar-refractivity contribution in [1.29, 1.82) is 0 Å². The first-order valence-electron chi connectivity index (χ1n) is 10.6. The van der Waals surface area contributed by atoms with Crippen LogP contribution in [-0.4, -0.2) is 35.1 Å². The monoisotopic (exact) mass is 463 g/mol. The summed E-state index contributed by atoms with van der Waals surface area (Å²) in [6.45, 7) is 3.78. The second kappa shape index (κ2) is 9.51. The number of hydrogen-bond donors (Lipinski definition) is 2. The van der Waals surface area contributed by atoms with Crippen LogP contribution in [0.4, 0.5) is 0 Å². The fourth-order valence-electron chi connectivity index (χ4n) is 3.52. The molecule has 0 fully saturated rings. The van der Waals surface area contributed by atoms with Crippen molar-refractivity contribution < 1.29 is 13.2 Å². The average Bonchev–Trinajstić information content (AvgIpc) is 3.35. The predicted octanol–water partition coefficient (Wildman–Crippen LogP) is 3.04. The maximum absolute atomic E-state index is 13.1. The van der Waals surface area contributed by atoms with E-state index >= 15 is 0 Å². The summed E-state index contributed by atoms with van der Waals surface area (Å²) in [4.78, 5) is 17.5. The van der Waals surface area contributed by atoms with Crippen molar-refractivity contribution >= 4 is 26.7 Å². The fraction of sp³-hybridized carbons (Fsp3) is 0.208. The molecule has 0 aliphatic heterocycles. The summed E-state index contributed by atoms with van der Waals surface area (Å²) in [6, 6.07) is 16.9. The summed E-state index contributed by atoms with van der Waals surface area (Å²) in [5.74, 6) is -0.0787. The first-order chi connectivity index (χ1) is 15.8. The van der Waals surface area contributed by atoms with Crippen LogP contribution >= 0.6 is 0 Å². The van der Waals surface area contributed by atoms with Gasteiger partial charge in [0.2, 0.25) is 15.9 Å². The Balaban J connectivity index is 1.51. The van der Waals surface area contributed by atoms with Crippen LogP contribution in [0.3, 0.4) is 0 Å². The van der Waals surface area contributed by atoms with E-state index in [9.17, 15) is 13.2 Å². The van der Waals surface area contributed by atoms with Crippen molar-refractivity contribution in [3.63, 3.8) is 0 Å². The van der Waals surface area contributed by atoms with Crippen molar-refractivity contribution in [2.75, 3.05) is 0 Å². The van der Waals surface area contributed by atoms with Crippen LogP contribution in [0.1, 0.15) is 19.4 Å². The molecule has 2 aromatic carbocycles. The number of benzene rings is 2. The molecule has 4 aromatic rings. The van der Waals surface area contributed by atoms with Crippen molar-refractivity contribution in [1.82, 2.24) is 24.8 Å². The number of carbonyl (C=O) groups excluding carboxylic acids is 1. The van der Waals surface area contributed by atoms with Gasteiger partial charge in [-0.15, -0.1) is 0 Å². The number of nitrogens with one attached hydrogen (secondary N) is 2. The molecule has 2 N–H and O–H groups in total. The van der Waals surface area contributed by atoms with Gasteiger partial charge < -0.3 is 5.32 Å². The van der Waals surface area contributed by atoms with Gasteiger partial charge in [0.1, 0.15) is 6.04 Å². The molecule has 1 unspecified atom stereocenters. The maximum atomic E-state index is 13.1. The standard InChI is InChI=1S/C24H25N5O3S/c1-17(2)22(28-33(31,32)21-11-10-18-7-3-4-8-19(18)15-21)24(30)26-16-20-9-5-12-25-23(20)29-14-6-13-27-29/h3-15,17,22,28H,16H2,1-2H3,(H,26,30). The van der Waals surface area contributed by atoms with Crippen molar-refractivity contribution in [3.8, 4) is 5.82 Å². The predicted molar refractivity (Wildman–Crippen MR) is 126 cm³/mol. The van der Waals surface area contributed by atoms with E-state index in [2.05, 4.69) is 20.1 Å². The van der Waals surface area contributed by atoms with Crippen molar-refractivity contribution in [2.24, 2.45) is 5.92 Å². The number of nitrogens with zero attached hydrogens (tertiary/aromatic N) is 3. The van der Waals surface area contributed by atoms with Crippen LogP contribution in [0, 0.1) is 5.92 Å². The molecular weight excluding hydrogens is 438 g/mol. The molecule has 2 heterocycles. The van der Waals surface area contributed by atoms with E-state index in [-0.39, 0.29) is 17.4 Å². The minimum absolute atomic E-state index is 0.118. The average molecular weight is 464 g/mol. The summed E-state index contributed by atoms with van der Waals surface area (Å²) in [5, 5.41) is 8.79. The third-order valence-electron chi connectivity index (χ3n) is 5.30. The summed E-state index contributed by atoms with van der Waals surface area (Å²) in [6.07, 6.45) is 5.06. The highest BCUT2D eigenvalue weighted by atomic mass is 32.2. The number of rotatable bonds is 8. The second-order valence-electron chi connectivity index (χ2n) is 8.01. The highest BCUT2D eigenvalue weighted by Gasteiger charge is 2.28. The van der Waals surface area contributed by atoms with Gasteiger partial charge >= 0.3 is 0 Å². The van der Waals surface area contributed by atoms with Crippen LogP contribution in [-0.2, 0) is 21.4 Å². The Kier molecular flexibility index (Phi) is 6.52. The molecular formula is C24H25N5O3S. The highest BCUT2D eigenvalue weighted by Crippen LogP contribution is 2.20. The lowest BCUT2D eigenvalue weighted by molar-refractivity contribution is -0.123. The zero-order valence-corrected chi connectivity index (χ0v) is 19.2. The first-order valence-corrected chi connectivity index (χ1v) is 12.1. The Morgan fingerprint density at radius 3 is 2.52 bits per heavy atom. The molecule has 8 nitrogen and oxygen atoms in total. The molecule has 9 heteroatoms. The molecule has 1 atom stereocenters. The molecule has 0 radical (unpaired) electrons. The number of pyridine rings is 1. The van der Waals surface area contributed by atoms with Gasteiger partial charge in [-0.1, -0.05) is 50.2 Å². The molecule has 0 aliphatic rings. The Hall–Kier alpha value is -3.56. The molecule has 4 rings (SSSR count). The molecule has 1 amide bonds.